The average molecular weight is 310 g/mol. The zero-order valence-corrected chi connectivity index (χ0v) is 9.81. The number of phenols is 1. The molecule has 70 valence electrons. The third-order valence-corrected chi connectivity index (χ3v) is 3.45. The van der Waals surface area contributed by atoms with Gasteiger partial charge in [0, 0.05) is 4.47 Å². The molecule has 13 heavy (non-hydrogen) atoms. The topological polar surface area (TPSA) is 57.5 Å². The van der Waals surface area contributed by atoms with Crippen molar-refractivity contribution < 1.29 is 15.0 Å². The minimum Gasteiger partial charge on any atom is -0.506 e. The van der Waals surface area contributed by atoms with Crippen molar-refractivity contribution in [3.05, 3.63) is 26.1 Å². The number of aromatic carboxylic acids is 1. The Labute approximate surface area is 91.6 Å². The zero-order valence-electron chi connectivity index (χ0n) is 6.64. The van der Waals surface area contributed by atoms with Gasteiger partial charge in [-0.2, -0.15) is 0 Å². The van der Waals surface area contributed by atoms with Crippen LogP contribution in [0.5, 0.6) is 5.75 Å². The molecule has 0 saturated carbocycles. The van der Waals surface area contributed by atoms with Crippen LogP contribution in [0.3, 0.4) is 0 Å². The van der Waals surface area contributed by atoms with E-state index < -0.39 is 5.97 Å². The molecule has 0 amide bonds. The molecular weight excluding hydrogens is 304 g/mol. The highest BCUT2D eigenvalue weighted by Crippen LogP contribution is 2.35. The fraction of sp³-hybridized carbons (Fsp3) is 0.125. The molecule has 1 aromatic rings. The lowest BCUT2D eigenvalue weighted by atomic mass is 10.1. The van der Waals surface area contributed by atoms with Gasteiger partial charge in [-0.05, 0) is 34.5 Å². The highest BCUT2D eigenvalue weighted by Gasteiger charge is 2.16. The molecule has 2 N–H and O–H groups in total. The van der Waals surface area contributed by atoms with Crippen LogP contribution in [-0.4, -0.2) is 16.2 Å². The molecule has 0 spiro atoms. The third kappa shape index (κ3) is 1.86. The summed E-state index contributed by atoms with van der Waals surface area (Å²) in [5, 5.41) is 18.1. The summed E-state index contributed by atoms with van der Waals surface area (Å²) in [7, 11) is 0. The monoisotopic (exact) mass is 308 g/mol. The lowest BCUT2D eigenvalue weighted by Crippen LogP contribution is -1.98. The first-order valence-electron chi connectivity index (χ1n) is 3.36. The molecular formula is C8H6Br2O3. The lowest BCUT2D eigenvalue weighted by molar-refractivity contribution is 0.0693. The van der Waals surface area contributed by atoms with Crippen LogP contribution in [-0.2, 0) is 0 Å². The minimum absolute atomic E-state index is 0.121. The van der Waals surface area contributed by atoms with Crippen LogP contribution in [0.25, 0.3) is 0 Å². The van der Waals surface area contributed by atoms with E-state index in [1.54, 1.807) is 6.92 Å². The lowest BCUT2D eigenvalue weighted by Gasteiger charge is -2.07. The molecule has 0 aliphatic heterocycles. The summed E-state index contributed by atoms with van der Waals surface area (Å²) >= 11 is 6.30. The molecule has 1 rings (SSSR count). The highest BCUT2D eigenvalue weighted by molar-refractivity contribution is 9.11. The Morgan fingerprint density at radius 1 is 1.46 bits per heavy atom. The molecule has 0 heterocycles. The van der Waals surface area contributed by atoms with Crippen LogP contribution in [0.4, 0.5) is 0 Å². The number of benzene rings is 1. The van der Waals surface area contributed by atoms with Gasteiger partial charge in [-0.25, -0.2) is 4.79 Å². The van der Waals surface area contributed by atoms with E-state index in [1.807, 2.05) is 0 Å². The van der Waals surface area contributed by atoms with Gasteiger partial charge in [-0.15, -0.1) is 0 Å². The van der Waals surface area contributed by atoms with Gasteiger partial charge in [0.1, 0.15) is 11.3 Å². The van der Waals surface area contributed by atoms with Crippen LogP contribution in [0.1, 0.15) is 15.9 Å². The van der Waals surface area contributed by atoms with E-state index in [0.29, 0.717) is 8.95 Å². The summed E-state index contributed by atoms with van der Waals surface area (Å²) in [6.07, 6.45) is 0. The zero-order chi connectivity index (χ0) is 10.2. The van der Waals surface area contributed by atoms with Crippen molar-refractivity contribution in [1.82, 2.24) is 0 Å². The van der Waals surface area contributed by atoms with Crippen LogP contribution in [0, 0.1) is 6.92 Å². The van der Waals surface area contributed by atoms with Crippen molar-refractivity contribution in [1.29, 1.82) is 0 Å². The Bertz CT molecular complexity index is 374. The molecule has 0 aliphatic carbocycles. The van der Waals surface area contributed by atoms with Gasteiger partial charge < -0.3 is 10.2 Å². The molecule has 5 heteroatoms. The Morgan fingerprint density at radius 3 is 2.46 bits per heavy atom. The van der Waals surface area contributed by atoms with Gasteiger partial charge >= 0.3 is 5.97 Å². The maximum Gasteiger partial charge on any atom is 0.339 e. The summed E-state index contributed by atoms with van der Waals surface area (Å²) in [5.74, 6) is -1.40. The van der Waals surface area contributed by atoms with Crippen molar-refractivity contribution in [2.75, 3.05) is 0 Å². The first-order valence-corrected chi connectivity index (χ1v) is 4.94. The van der Waals surface area contributed by atoms with Crippen molar-refractivity contribution in [3.8, 4) is 5.75 Å². The van der Waals surface area contributed by atoms with Gasteiger partial charge in [0.2, 0.25) is 0 Å². The average Bonchev–Trinajstić information content (AvgIpc) is 2.07. The number of halogens is 2. The molecule has 1 aromatic carbocycles. The number of hydrogen-bond acceptors (Lipinski definition) is 2. The van der Waals surface area contributed by atoms with Crippen LogP contribution >= 0.6 is 31.9 Å². The van der Waals surface area contributed by atoms with E-state index in [9.17, 15) is 9.90 Å². The Morgan fingerprint density at radius 2 is 2.00 bits per heavy atom. The predicted octanol–water partition coefficient (Wildman–Crippen LogP) is 2.92. The SMILES string of the molecule is Cc1c(Br)cc(C(=O)O)c(O)c1Br. The number of carboxylic acid groups (broad SMARTS) is 1. The fourth-order valence-electron chi connectivity index (χ4n) is 0.867. The number of rotatable bonds is 1. The second-order valence-electron chi connectivity index (χ2n) is 2.50. The molecule has 0 bridgehead atoms. The highest BCUT2D eigenvalue weighted by atomic mass is 79.9. The molecule has 0 aromatic heterocycles. The maximum absolute atomic E-state index is 10.6. The molecule has 0 saturated heterocycles. The summed E-state index contributed by atoms with van der Waals surface area (Å²) < 4.78 is 1.05. The number of carbonyl (C=O) groups is 1. The smallest absolute Gasteiger partial charge is 0.339 e. The maximum atomic E-state index is 10.6. The first kappa shape index (κ1) is 10.5. The molecule has 0 atom stereocenters. The second-order valence-corrected chi connectivity index (χ2v) is 4.15. The summed E-state index contributed by atoms with van der Waals surface area (Å²) in [5.41, 5.74) is 0.645. The van der Waals surface area contributed by atoms with E-state index in [4.69, 9.17) is 5.11 Å². The summed E-state index contributed by atoms with van der Waals surface area (Å²) in [6.45, 7) is 1.76. The second kappa shape index (κ2) is 3.67. The molecule has 3 nitrogen and oxygen atoms in total. The van der Waals surface area contributed by atoms with Gasteiger partial charge in [0.05, 0.1) is 4.47 Å². The van der Waals surface area contributed by atoms with E-state index >= 15 is 0 Å². The third-order valence-electron chi connectivity index (χ3n) is 1.65. The number of hydrogen-bond donors (Lipinski definition) is 2. The first-order chi connectivity index (χ1) is 5.95. The van der Waals surface area contributed by atoms with E-state index in [-0.39, 0.29) is 11.3 Å². The van der Waals surface area contributed by atoms with Crippen LogP contribution < -0.4 is 0 Å². The standard InChI is InChI=1S/C8H6Br2O3/c1-3-5(9)2-4(8(12)13)7(11)6(3)10/h2,11H,1H3,(H,12,13). The van der Waals surface area contributed by atoms with Crippen molar-refractivity contribution in [3.63, 3.8) is 0 Å². The van der Waals surface area contributed by atoms with Crippen LogP contribution in [0.15, 0.2) is 15.0 Å². The van der Waals surface area contributed by atoms with Crippen molar-refractivity contribution in [2.45, 2.75) is 6.92 Å². The van der Waals surface area contributed by atoms with Crippen molar-refractivity contribution in [2.24, 2.45) is 0 Å². The molecule has 0 fully saturated rings. The number of aromatic hydroxyl groups is 1. The normalized spacial score (nSPS) is 10.1. The van der Waals surface area contributed by atoms with Gasteiger partial charge in [-0.3, -0.25) is 0 Å². The Kier molecular flexibility index (Phi) is 2.98. The fourth-order valence-corrected chi connectivity index (χ4v) is 1.99. The molecule has 0 unspecified atom stereocenters. The number of carboxylic acids is 1. The quantitative estimate of drug-likeness (QED) is 0.838. The summed E-state index contributed by atoms with van der Waals surface area (Å²) in [4.78, 5) is 10.6. The largest absolute Gasteiger partial charge is 0.506 e. The Hall–Kier alpha value is -0.550. The van der Waals surface area contributed by atoms with Gasteiger partial charge in [0.25, 0.3) is 0 Å². The van der Waals surface area contributed by atoms with E-state index in [2.05, 4.69) is 31.9 Å². The molecule has 0 aliphatic rings. The minimum atomic E-state index is -1.15. The predicted molar refractivity (Wildman–Crippen MR) is 55.2 cm³/mol. The van der Waals surface area contributed by atoms with E-state index in [0.717, 1.165) is 5.56 Å². The van der Waals surface area contributed by atoms with Crippen molar-refractivity contribution >= 4 is 37.8 Å². The van der Waals surface area contributed by atoms with Gasteiger partial charge in [-0.1, -0.05) is 15.9 Å². The van der Waals surface area contributed by atoms with Crippen LogP contribution in [0.2, 0.25) is 0 Å². The van der Waals surface area contributed by atoms with E-state index in [1.165, 1.54) is 6.07 Å². The Balaban J connectivity index is 3.50. The molecule has 0 radical (unpaired) electrons. The van der Waals surface area contributed by atoms with Gasteiger partial charge in [0.15, 0.2) is 0 Å². The summed E-state index contributed by atoms with van der Waals surface area (Å²) in [6, 6.07) is 1.37.